The normalized spacial score (nSPS) is 25.5. The van der Waals surface area contributed by atoms with Crippen molar-refractivity contribution in [2.24, 2.45) is 0 Å². The van der Waals surface area contributed by atoms with E-state index in [0.29, 0.717) is 17.4 Å². The molecule has 0 aliphatic carbocycles. The van der Waals surface area contributed by atoms with E-state index < -0.39 is 0 Å². The minimum Gasteiger partial charge on any atom is -0.381 e. The number of hydrogen-bond donors (Lipinski definition) is 1. The largest absolute Gasteiger partial charge is 0.381 e. The van der Waals surface area contributed by atoms with Crippen molar-refractivity contribution < 1.29 is 4.74 Å². The first-order valence-corrected chi connectivity index (χ1v) is 5.63. The van der Waals surface area contributed by atoms with E-state index in [1.165, 1.54) is 0 Å². The zero-order chi connectivity index (χ0) is 10.7. The van der Waals surface area contributed by atoms with Gasteiger partial charge < -0.3 is 10.1 Å². The van der Waals surface area contributed by atoms with Crippen molar-refractivity contribution in [3.8, 4) is 0 Å². The summed E-state index contributed by atoms with van der Waals surface area (Å²) in [6, 6.07) is 3.70. The fraction of sp³-hybridized carbons (Fsp3) is 0.545. The number of aromatic nitrogens is 1. The quantitative estimate of drug-likeness (QED) is 0.805. The summed E-state index contributed by atoms with van der Waals surface area (Å²) in [4.78, 5) is 4.00. The molecule has 1 fully saturated rings. The Morgan fingerprint density at radius 1 is 1.53 bits per heavy atom. The molecule has 1 aliphatic heterocycles. The van der Waals surface area contributed by atoms with Gasteiger partial charge in [-0.15, -0.1) is 0 Å². The van der Waals surface area contributed by atoms with E-state index in [1.54, 1.807) is 12.3 Å². The van der Waals surface area contributed by atoms with E-state index in [2.05, 4.69) is 17.2 Å². The molecule has 1 aromatic rings. The van der Waals surface area contributed by atoms with Gasteiger partial charge in [0.05, 0.1) is 24.1 Å². The molecule has 1 aromatic heterocycles. The summed E-state index contributed by atoms with van der Waals surface area (Å²) >= 11 is 5.69. The van der Waals surface area contributed by atoms with Gasteiger partial charge in [-0.2, -0.15) is 0 Å². The average molecular weight is 227 g/mol. The fourth-order valence-corrected chi connectivity index (χ4v) is 1.86. The molecule has 1 saturated heterocycles. The highest BCUT2D eigenvalue weighted by Crippen LogP contribution is 2.19. The van der Waals surface area contributed by atoms with Crippen LogP contribution in [-0.4, -0.2) is 23.7 Å². The Morgan fingerprint density at radius 3 is 3.00 bits per heavy atom. The fourth-order valence-electron chi connectivity index (χ4n) is 1.75. The first-order valence-electron chi connectivity index (χ1n) is 5.25. The van der Waals surface area contributed by atoms with E-state index in [0.717, 1.165) is 25.1 Å². The summed E-state index contributed by atoms with van der Waals surface area (Å²) < 4.78 is 5.70. The summed E-state index contributed by atoms with van der Waals surface area (Å²) in [5.41, 5.74) is 0.988. The van der Waals surface area contributed by atoms with Crippen LogP contribution in [0.4, 0.5) is 5.69 Å². The van der Waals surface area contributed by atoms with Gasteiger partial charge in [-0.1, -0.05) is 11.6 Å². The number of ether oxygens (including phenoxy) is 1. The number of nitrogens with zero attached hydrogens (tertiary/aromatic N) is 1. The van der Waals surface area contributed by atoms with Crippen LogP contribution < -0.4 is 5.32 Å². The van der Waals surface area contributed by atoms with E-state index in [1.807, 2.05) is 6.07 Å². The summed E-state index contributed by atoms with van der Waals surface area (Å²) in [5, 5.41) is 3.81. The molecule has 0 spiro atoms. The van der Waals surface area contributed by atoms with Crippen molar-refractivity contribution in [2.75, 3.05) is 11.9 Å². The van der Waals surface area contributed by atoms with Crippen LogP contribution in [0.1, 0.15) is 19.8 Å². The van der Waals surface area contributed by atoms with E-state index >= 15 is 0 Å². The van der Waals surface area contributed by atoms with Crippen LogP contribution in [0.2, 0.25) is 5.15 Å². The highest BCUT2D eigenvalue weighted by Gasteiger charge is 2.21. The molecule has 2 rings (SSSR count). The zero-order valence-electron chi connectivity index (χ0n) is 8.74. The molecule has 0 saturated carbocycles. The van der Waals surface area contributed by atoms with Crippen molar-refractivity contribution in [1.82, 2.24) is 4.98 Å². The molecule has 4 heteroatoms. The average Bonchev–Trinajstić information content (AvgIpc) is 2.64. The Labute approximate surface area is 94.8 Å². The zero-order valence-corrected chi connectivity index (χ0v) is 9.50. The third-order valence-corrected chi connectivity index (χ3v) is 2.80. The summed E-state index contributed by atoms with van der Waals surface area (Å²) in [7, 11) is 0. The second-order valence-electron chi connectivity index (χ2n) is 3.90. The molecule has 1 N–H and O–H groups in total. The number of nitrogens with one attached hydrogen (secondary N) is 1. The van der Waals surface area contributed by atoms with Gasteiger partial charge in [0.2, 0.25) is 0 Å². The molecule has 2 heterocycles. The molecule has 0 radical (unpaired) electrons. The van der Waals surface area contributed by atoms with Gasteiger partial charge in [0.1, 0.15) is 5.15 Å². The maximum Gasteiger partial charge on any atom is 0.129 e. The third-order valence-electron chi connectivity index (χ3n) is 2.58. The van der Waals surface area contributed by atoms with E-state index in [9.17, 15) is 0 Å². The summed E-state index contributed by atoms with van der Waals surface area (Å²) in [6.07, 6.45) is 4.76. The van der Waals surface area contributed by atoms with Gasteiger partial charge in [0, 0.05) is 6.54 Å². The minimum atomic E-state index is 0.329. The molecule has 82 valence electrons. The molecule has 15 heavy (non-hydrogen) atoms. The van der Waals surface area contributed by atoms with E-state index in [-0.39, 0.29) is 0 Å². The Balaban J connectivity index is 1.80. The Kier molecular flexibility index (Phi) is 3.44. The molecule has 3 nitrogen and oxygen atoms in total. The Hall–Kier alpha value is -0.800. The number of halogens is 1. The highest BCUT2D eigenvalue weighted by molar-refractivity contribution is 6.29. The molecule has 0 bridgehead atoms. The van der Waals surface area contributed by atoms with Crippen LogP contribution >= 0.6 is 11.6 Å². The topological polar surface area (TPSA) is 34.2 Å². The lowest BCUT2D eigenvalue weighted by Gasteiger charge is -2.12. The van der Waals surface area contributed by atoms with E-state index in [4.69, 9.17) is 16.3 Å². The first kappa shape index (κ1) is 10.7. The summed E-state index contributed by atoms with van der Waals surface area (Å²) in [5.74, 6) is 0. The first-order chi connectivity index (χ1) is 7.24. The Bertz CT molecular complexity index is 315. The number of pyridine rings is 1. The van der Waals surface area contributed by atoms with Gasteiger partial charge >= 0.3 is 0 Å². The van der Waals surface area contributed by atoms with Gasteiger partial charge in [-0.05, 0) is 31.9 Å². The SMILES string of the molecule is CC1CCC(CNc2ccc(Cl)nc2)O1. The number of anilines is 1. The monoisotopic (exact) mass is 226 g/mol. The summed E-state index contributed by atoms with van der Waals surface area (Å²) in [6.45, 7) is 2.96. The predicted molar refractivity (Wildman–Crippen MR) is 61.3 cm³/mol. The molecule has 1 aliphatic rings. The van der Waals surface area contributed by atoms with Crippen molar-refractivity contribution in [1.29, 1.82) is 0 Å². The van der Waals surface area contributed by atoms with Gasteiger partial charge in [0.25, 0.3) is 0 Å². The highest BCUT2D eigenvalue weighted by atomic mass is 35.5. The molecule has 2 atom stereocenters. The van der Waals surface area contributed by atoms with Gasteiger partial charge in [0.15, 0.2) is 0 Å². The third kappa shape index (κ3) is 3.08. The van der Waals surface area contributed by atoms with Crippen LogP contribution in [0.5, 0.6) is 0 Å². The molecule has 0 amide bonds. The minimum absolute atomic E-state index is 0.329. The van der Waals surface area contributed by atoms with Crippen LogP contribution in [-0.2, 0) is 4.74 Å². The van der Waals surface area contributed by atoms with Gasteiger partial charge in [-0.3, -0.25) is 0 Å². The number of hydrogen-bond acceptors (Lipinski definition) is 3. The standard InChI is InChI=1S/C11H15ClN2O/c1-8-2-4-10(15-8)7-13-9-3-5-11(12)14-6-9/h3,5-6,8,10,13H,2,4,7H2,1H3. The smallest absolute Gasteiger partial charge is 0.129 e. The van der Waals surface area contributed by atoms with Crippen molar-refractivity contribution in [3.63, 3.8) is 0 Å². The molecular weight excluding hydrogens is 212 g/mol. The van der Waals surface area contributed by atoms with Crippen molar-refractivity contribution in [3.05, 3.63) is 23.5 Å². The van der Waals surface area contributed by atoms with Crippen LogP contribution in [0.25, 0.3) is 0 Å². The van der Waals surface area contributed by atoms with Crippen molar-refractivity contribution >= 4 is 17.3 Å². The number of rotatable bonds is 3. The molecular formula is C11H15ClN2O. The second-order valence-corrected chi connectivity index (χ2v) is 4.28. The predicted octanol–water partition coefficient (Wildman–Crippen LogP) is 2.71. The van der Waals surface area contributed by atoms with Crippen LogP contribution in [0.15, 0.2) is 18.3 Å². The Morgan fingerprint density at radius 2 is 2.40 bits per heavy atom. The lowest BCUT2D eigenvalue weighted by atomic mass is 10.2. The lowest BCUT2D eigenvalue weighted by molar-refractivity contribution is 0.0637. The molecule has 0 aromatic carbocycles. The lowest BCUT2D eigenvalue weighted by Crippen LogP contribution is -2.19. The van der Waals surface area contributed by atoms with Crippen LogP contribution in [0, 0.1) is 0 Å². The molecule has 2 unspecified atom stereocenters. The maximum atomic E-state index is 5.70. The maximum absolute atomic E-state index is 5.70. The van der Waals surface area contributed by atoms with Crippen molar-refractivity contribution in [2.45, 2.75) is 32.0 Å². The second kappa shape index (κ2) is 4.81. The van der Waals surface area contributed by atoms with Crippen LogP contribution in [0.3, 0.4) is 0 Å². The van der Waals surface area contributed by atoms with Gasteiger partial charge in [-0.25, -0.2) is 4.98 Å².